The van der Waals surface area contributed by atoms with Gasteiger partial charge in [0.15, 0.2) is 0 Å². The Morgan fingerprint density at radius 2 is 2.24 bits per heavy atom. The maximum absolute atomic E-state index is 12.3. The SMILES string of the molecule is O=C(CCc1ccsc1)N1CCc2ccc([N+](=O)[O-])cc21. The van der Waals surface area contributed by atoms with Crippen LogP contribution in [0.2, 0.25) is 0 Å². The van der Waals surface area contributed by atoms with E-state index in [0.29, 0.717) is 25.1 Å². The number of aryl methyl sites for hydroxylation is 1. The zero-order chi connectivity index (χ0) is 14.8. The van der Waals surface area contributed by atoms with Gasteiger partial charge in [-0.25, -0.2) is 0 Å². The van der Waals surface area contributed by atoms with Crippen molar-refractivity contribution in [3.05, 3.63) is 56.3 Å². The highest BCUT2D eigenvalue weighted by Gasteiger charge is 2.26. The fraction of sp³-hybridized carbons (Fsp3) is 0.267. The van der Waals surface area contributed by atoms with Crippen molar-refractivity contribution < 1.29 is 9.72 Å². The summed E-state index contributed by atoms with van der Waals surface area (Å²) in [5, 5.41) is 14.9. The van der Waals surface area contributed by atoms with Gasteiger partial charge < -0.3 is 4.90 Å². The lowest BCUT2D eigenvalue weighted by molar-refractivity contribution is -0.384. The van der Waals surface area contributed by atoms with Crippen LogP contribution in [0.25, 0.3) is 0 Å². The number of carbonyl (C=O) groups is 1. The fourth-order valence-corrected chi connectivity index (χ4v) is 3.26. The second-order valence-electron chi connectivity index (χ2n) is 5.00. The number of hydrogen-bond donors (Lipinski definition) is 0. The molecule has 0 N–H and O–H groups in total. The van der Waals surface area contributed by atoms with E-state index in [1.54, 1.807) is 22.3 Å². The van der Waals surface area contributed by atoms with Crippen LogP contribution in [0.3, 0.4) is 0 Å². The van der Waals surface area contributed by atoms with Crippen LogP contribution in [-0.2, 0) is 17.6 Å². The Bertz CT molecular complexity index is 682. The van der Waals surface area contributed by atoms with Crippen molar-refractivity contribution in [2.24, 2.45) is 0 Å². The Kier molecular flexibility index (Phi) is 3.70. The Morgan fingerprint density at radius 3 is 2.95 bits per heavy atom. The molecule has 0 radical (unpaired) electrons. The van der Waals surface area contributed by atoms with Crippen molar-refractivity contribution in [3.63, 3.8) is 0 Å². The zero-order valence-corrected chi connectivity index (χ0v) is 12.1. The standard InChI is InChI=1S/C15H14N2O3S/c18-15(4-1-11-6-8-21-10-11)16-7-5-12-2-3-13(17(19)20)9-14(12)16/h2-3,6,8-10H,1,4-5,7H2. The van der Waals surface area contributed by atoms with Crippen LogP contribution in [-0.4, -0.2) is 17.4 Å². The summed E-state index contributed by atoms with van der Waals surface area (Å²) in [6, 6.07) is 6.77. The molecule has 1 aliphatic rings. The molecule has 2 aromatic rings. The molecule has 108 valence electrons. The van der Waals surface area contributed by atoms with Crippen LogP contribution in [0.1, 0.15) is 17.5 Å². The molecule has 0 aliphatic carbocycles. The predicted octanol–water partition coefficient (Wildman–Crippen LogP) is 3.18. The molecule has 21 heavy (non-hydrogen) atoms. The lowest BCUT2D eigenvalue weighted by Gasteiger charge is -2.17. The monoisotopic (exact) mass is 302 g/mol. The highest BCUT2D eigenvalue weighted by molar-refractivity contribution is 7.07. The van der Waals surface area contributed by atoms with Gasteiger partial charge in [0.05, 0.1) is 10.6 Å². The number of anilines is 1. The van der Waals surface area contributed by atoms with Crippen LogP contribution in [0.15, 0.2) is 35.0 Å². The molecular formula is C15H14N2O3S. The summed E-state index contributed by atoms with van der Waals surface area (Å²) < 4.78 is 0. The molecule has 6 heteroatoms. The molecule has 0 fully saturated rings. The van der Waals surface area contributed by atoms with E-state index in [1.807, 2.05) is 16.8 Å². The summed E-state index contributed by atoms with van der Waals surface area (Å²) in [5.74, 6) is 0.0282. The third-order valence-electron chi connectivity index (χ3n) is 3.68. The fourth-order valence-electron chi connectivity index (χ4n) is 2.56. The van der Waals surface area contributed by atoms with E-state index in [9.17, 15) is 14.9 Å². The van der Waals surface area contributed by atoms with E-state index >= 15 is 0 Å². The number of amides is 1. The molecule has 1 aromatic carbocycles. The molecule has 0 unspecified atom stereocenters. The highest BCUT2D eigenvalue weighted by atomic mass is 32.1. The van der Waals surface area contributed by atoms with Gasteiger partial charge >= 0.3 is 0 Å². The average molecular weight is 302 g/mol. The molecule has 0 bridgehead atoms. The van der Waals surface area contributed by atoms with Crippen LogP contribution in [0, 0.1) is 10.1 Å². The Morgan fingerprint density at radius 1 is 1.38 bits per heavy atom. The maximum Gasteiger partial charge on any atom is 0.271 e. The first-order valence-electron chi connectivity index (χ1n) is 6.74. The number of nitro benzene ring substituents is 1. The normalized spacial score (nSPS) is 13.2. The summed E-state index contributed by atoms with van der Waals surface area (Å²) in [7, 11) is 0. The second-order valence-corrected chi connectivity index (χ2v) is 5.78. The first-order valence-corrected chi connectivity index (χ1v) is 7.68. The van der Waals surface area contributed by atoms with Gasteiger partial charge in [0.2, 0.25) is 5.91 Å². The molecule has 0 spiro atoms. The minimum atomic E-state index is -0.424. The Hall–Kier alpha value is -2.21. The molecule has 0 saturated carbocycles. The number of non-ortho nitro benzene ring substituents is 1. The molecule has 0 atom stereocenters. The van der Waals surface area contributed by atoms with E-state index < -0.39 is 4.92 Å². The van der Waals surface area contributed by atoms with E-state index in [2.05, 4.69) is 0 Å². The largest absolute Gasteiger partial charge is 0.312 e. The molecule has 2 heterocycles. The van der Waals surface area contributed by atoms with Gasteiger partial charge in [-0.2, -0.15) is 11.3 Å². The molecular weight excluding hydrogens is 288 g/mol. The van der Waals surface area contributed by atoms with Crippen molar-refractivity contribution in [1.29, 1.82) is 0 Å². The number of carbonyl (C=O) groups excluding carboxylic acids is 1. The van der Waals surface area contributed by atoms with Crippen molar-refractivity contribution in [2.75, 3.05) is 11.4 Å². The van der Waals surface area contributed by atoms with Crippen LogP contribution in [0.4, 0.5) is 11.4 Å². The van der Waals surface area contributed by atoms with Gasteiger partial charge in [-0.1, -0.05) is 6.07 Å². The Labute approximate surface area is 126 Å². The number of nitrogens with zero attached hydrogens (tertiary/aromatic N) is 2. The minimum Gasteiger partial charge on any atom is -0.312 e. The number of benzene rings is 1. The Balaban J connectivity index is 1.75. The van der Waals surface area contributed by atoms with E-state index in [4.69, 9.17) is 0 Å². The minimum absolute atomic E-state index is 0.0282. The number of nitro groups is 1. The lowest BCUT2D eigenvalue weighted by atomic mass is 10.1. The second kappa shape index (κ2) is 5.65. The molecule has 1 aliphatic heterocycles. The van der Waals surface area contributed by atoms with Crippen molar-refractivity contribution in [2.45, 2.75) is 19.3 Å². The predicted molar refractivity (Wildman–Crippen MR) is 81.8 cm³/mol. The summed E-state index contributed by atoms with van der Waals surface area (Å²) in [6.07, 6.45) is 1.90. The van der Waals surface area contributed by atoms with Gasteiger partial charge in [-0.3, -0.25) is 14.9 Å². The average Bonchev–Trinajstić information content (AvgIpc) is 3.13. The van der Waals surface area contributed by atoms with E-state index in [0.717, 1.165) is 17.5 Å². The molecule has 3 rings (SSSR count). The first-order chi connectivity index (χ1) is 10.1. The summed E-state index contributed by atoms with van der Waals surface area (Å²) in [6.45, 7) is 0.610. The first kappa shape index (κ1) is 13.8. The molecule has 1 aromatic heterocycles. The number of rotatable bonds is 4. The van der Waals surface area contributed by atoms with E-state index in [-0.39, 0.29) is 11.6 Å². The smallest absolute Gasteiger partial charge is 0.271 e. The zero-order valence-electron chi connectivity index (χ0n) is 11.3. The number of thiophene rings is 1. The van der Waals surface area contributed by atoms with Gasteiger partial charge in [0, 0.05) is 25.1 Å². The van der Waals surface area contributed by atoms with Crippen LogP contribution < -0.4 is 4.90 Å². The third-order valence-corrected chi connectivity index (χ3v) is 4.42. The summed E-state index contributed by atoms with van der Waals surface area (Å²) in [4.78, 5) is 24.5. The van der Waals surface area contributed by atoms with Crippen molar-refractivity contribution >= 4 is 28.6 Å². The molecule has 5 nitrogen and oxygen atoms in total. The number of hydrogen-bond acceptors (Lipinski definition) is 4. The van der Waals surface area contributed by atoms with Gasteiger partial charge in [-0.05, 0) is 40.8 Å². The molecule has 0 saturated heterocycles. The van der Waals surface area contributed by atoms with Crippen LogP contribution >= 0.6 is 11.3 Å². The highest BCUT2D eigenvalue weighted by Crippen LogP contribution is 2.32. The quantitative estimate of drug-likeness (QED) is 0.643. The molecule has 1 amide bonds. The maximum atomic E-state index is 12.3. The topological polar surface area (TPSA) is 63.5 Å². The van der Waals surface area contributed by atoms with Gasteiger partial charge in [0.1, 0.15) is 0 Å². The van der Waals surface area contributed by atoms with Crippen molar-refractivity contribution in [1.82, 2.24) is 0 Å². The van der Waals surface area contributed by atoms with Crippen LogP contribution in [0.5, 0.6) is 0 Å². The van der Waals surface area contributed by atoms with E-state index in [1.165, 1.54) is 12.1 Å². The third kappa shape index (κ3) is 2.80. The van der Waals surface area contributed by atoms with Crippen molar-refractivity contribution in [3.8, 4) is 0 Å². The summed E-state index contributed by atoms with van der Waals surface area (Å²) >= 11 is 1.62. The lowest BCUT2D eigenvalue weighted by Crippen LogP contribution is -2.29. The van der Waals surface area contributed by atoms with Gasteiger partial charge in [0.25, 0.3) is 5.69 Å². The summed E-state index contributed by atoms with van der Waals surface area (Å²) in [5.41, 5.74) is 2.89. The number of fused-ring (bicyclic) bond motifs is 1. The van der Waals surface area contributed by atoms with Gasteiger partial charge in [-0.15, -0.1) is 0 Å².